The van der Waals surface area contributed by atoms with E-state index in [-0.39, 0.29) is 18.4 Å². The molecule has 27 heavy (non-hydrogen) atoms. The Morgan fingerprint density at radius 3 is 2.41 bits per heavy atom. The van der Waals surface area contributed by atoms with E-state index in [0.29, 0.717) is 25.3 Å². The number of hydrogen-bond acceptors (Lipinski definition) is 4. The van der Waals surface area contributed by atoms with Crippen LogP contribution < -0.4 is 20.7 Å². The lowest BCUT2D eigenvalue weighted by Crippen LogP contribution is -2.25. The Morgan fingerprint density at radius 1 is 0.963 bits per heavy atom. The number of anilines is 1. The lowest BCUT2D eigenvalue weighted by Gasteiger charge is -2.12. The van der Waals surface area contributed by atoms with Crippen molar-refractivity contribution in [3.63, 3.8) is 0 Å². The van der Waals surface area contributed by atoms with Gasteiger partial charge in [0.2, 0.25) is 5.91 Å². The molecule has 2 aromatic rings. The van der Waals surface area contributed by atoms with Gasteiger partial charge in [0.1, 0.15) is 5.75 Å². The molecular weight excluding hydrogens is 342 g/mol. The summed E-state index contributed by atoms with van der Waals surface area (Å²) in [6, 6.07) is 15.4. The maximum Gasteiger partial charge on any atom is 0.257 e. The Bertz CT molecular complexity index is 745. The quantitative estimate of drug-likeness (QED) is 0.602. The van der Waals surface area contributed by atoms with Gasteiger partial charge in [-0.05, 0) is 30.2 Å². The number of para-hydroxylation sites is 1. The fraction of sp³-hybridized carbons (Fsp3) is 0.333. The van der Waals surface area contributed by atoms with E-state index in [1.54, 1.807) is 7.05 Å². The van der Waals surface area contributed by atoms with Gasteiger partial charge in [-0.15, -0.1) is 0 Å². The van der Waals surface area contributed by atoms with Crippen LogP contribution >= 0.6 is 0 Å². The molecular formula is C21H27N3O3. The van der Waals surface area contributed by atoms with Crippen LogP contribution in [0.5, 0.6) is 5.75 Å². The van der Waals surface area contributed by atoms with Crippen LogP contribution in [0, 0.1) is 0 Å². The molecule has 0 aliphatic heterocycles. The summed E-state index contributed by atoms with van der Waals surface area (Å²) >= 11 is 0. The third-order valence-electron chi connectivity index (χ3n) is 3.97. The van der Waals surface area contributed by atoms with E-state index in [9.17, 15) is 9.59 Å². The van der Waals surface area contributed by atoms with Gasteiger partial charge in [0, 0.05) is 37.8 Å². The van der Waals surface area contributed by atoms with Crippen LogP contribution in [-0.4, -0.2) is 25.5 Å². The summed E-state index contributed by atoms with van der Waals surface area (Å²) < 4.78 is 5.57. The van der Waals surface area contributed by atoms with Crippen LogP contribution in [0.15, 0.2) is 48.5 Å². The maximum atomic E-state index is 11.6. The van der Waals surface area contributed by atoms with E-state index in [0.717, 1.165) is 23.2 Å². The zero-order chi connectivity index (χ0) is 19.5. The molecule has 0 atom stereocenters. The van der Waals surface area contributed by atoms with Crippen LogP contribution in [0.1, 0.15) is 30.9 Å². The number of amides is 2. The summed E-state index contributed by atoms with van der Waals surface area (Å²) in [4.78, 5) is 23.0. The highest BCUT2D eigenvalue weighted by atomic mass is 16.5. The first-order chi connectivity index (χ1) is 13.1. The van der Waals surface area contributed by atoms with E-state index in [1.807, 2.05) is 55.5 Å². The van der Waals surface area contributed by atoms with E-state index in [1.165, 1.54) is 0 Å². The van der Waals surface area contributed by atoms with Crippen LogP contribution in [0.4, 0.5) is 5.69 Å². The molecule has 2 aromatic carbocycles. The largest absolute Gasteiger partial charge is 0.483 e. The number of nitrogens with one attached hydrogen (secondary N) is 3. The minimum atomic E-state index is -0.163. The van der Waals surface area contributed by atoms with Gasteiger partial charge in [-0.25, -0.2) is 0 Å². The lowest BCUT2D eigenvalue weighted by molar-refractivity contribution is -0.122. The first kappa shape index (κ1) is 20.5. The first-order valence-electron chi connectivity index (χ1n) is 9.13. The lowest BCUT2D eigenvalue weighted by atomic mass is 10.1. The third-order valence-corrected chi connectivity index (χ3v) is 3.97. The second-order valence-electron chi connectivity index (χ2n) is 6.17. The number of rotatable bonds is 10. The molecule has 0 saturated carbocycles. The van der Waals surface area contributed by atoms with E-state index >= 15 is 0 Å². The molecule has 2 rings (SSSR count). The van der Waals surface area contributed by atoms with Gasteiger partial charge in [-0.1, -0.05) is 37.3 Å². The zero-order valence-electron chi connectivity index (χ0n) is 15.9. The van der Waals surface area contributed by atoms with Gasteiger partial charge in [0.15, 0.2) is 6.61 Å². The third kappa shape index (κ3) is 7.11. The highest BCUT2D eigenvalue weighted by Crippen LogP contribution is 2.18. The predicted octanol–water partition coefficient (Wildman–Crippen LogP) is 2.84. The number of ether oxygens (including phenoxy) is 1. The van der Waals surface area contributed by atoms with Crippen molar-refractivity contribution in [2.45, 2.75) is 32.9 Å². The van der Waals surface area contributed by atoms with Crippen molar-refractivity contribution in [1.29, 1.82) is 0 Å². The van der Waals surface area contributed by atoms with Crippen molar-refractivity contribution in [2.75, 3.05) is 19.0 Å². The van der Waals surface area contributed by atoms with Crippen molar-refractivity contribution in [3.05, 3.63) is 59.7 Å². The molecule has 0 spiro atoms. The SMILES string of the molecule is CCCC(=O)Nc1ccc(CNCc2ccccc2OCC(=O)NC)cc1. The summed E-state index contributed by atoms with van der Waals surface area (Å²) in [5.74, 6) is 0.572. The average molecular weight is 369 g/mol. The van der Waals surface area contributed by atoms with Gasteiger partial charge >= 0.3 is 0 Å². The van der Waals surface area contributed by atoms with Crippen LogP contribution in [-0.2, 0) is 22.7 Å². The Morgan fingerprint density at radius 2 is 1.70 bits per heavy atom. The molecule has 0 aromatic heterocycles. The predicted molar refractivity (Wildman–Crippen MR) is 107 cm³/mol. The van der Waals surface area contributed by atoms with E-state index in [2.05, 4.69) is 16.0 Å². The van der Waals surface area contributed by atoms with Crippen LogP contribution in [0.3, 0.4) is 0 Å². The normalized spacial score (nSPS) is 10.3. The molecule has 0 aliphatic rings. The molecule has 0 heterocycles. The Hall–Kier alpha value is -2.86. The topological polar surface area (TPSA) is 79.5 Å². The molecule has 6 nitrogen and oxygen atoms in total. The fourth-order valence-electron chi connectivity index (χ4n) is 2.50. The molecule has 144 valence electrons. The summed E-state index contributed by atoms with van der Waals surface area (Å²) in [7, 11) is 1.58. The zero-order valence-corrected chi connectivity index (χ0v) is 15.9. The number of carbonyl (C=O) groups excluding carboxylic acids is 2. The summed E-state index contributed by atoms with van der Waals surface area (Å²) in [5.41, 5.74) is 2.92. The van der Waals surface area contributed by atoms with Gasteiger partial charge in [0.05, 0.1) is 0 Å². The van der Waals surface area contributed by atoms with Crippen molar-refractivity contribution in [3.8, 4) is 5.75 Å². The Kier molecular flexibility index (Phi) is 8.32. The minimum absolute atomic E-state index is 0.00126. The number of likely N-dealkylation sites (N-methyl/N-ethyl adjacent to an activating group) is 1. The van der Waals surface area contributed by atoms with Gasteiger partial charge in [-0.3, -0.25) is 9.59 Å². The second kappa shape index (κ2) is 11.0. The highest BCUT2D eigenvalue weighted by molar-refractivity contribution is 5.90. The highest BCUT2D eigenvalue weighted by Gasteiger charge is 2.06. The molecule has 0 unspecified atom stereocenters. The number of carbonyl (C=O) groups is 2. The molecule has 6 heteroatoms. The first-order valence-corrected chi connectivity index (χ1v) is 9.13. The van der Waals surface area contributed by atoms with Crippen molar-refractivity contribution in [2.24, 2.45) is 0 Å². The van der Waals surface area contributed by atoms with Crippen molar-refractivity contribution in [1.82, 2.24) is 10.6 Å². The number of hydrogen-bond donors (Lipinski definition) is 3. The maximum absolute atomic E-state index is 11.6. The Balaban J connectivity index is 1.84. The van der Waals surface area contributed by atoms with Crippen LogP contribution in [0.2, 0.25) is 0 Å². The second-order valence-corrected chi connectivity index (χ2v) is 6.17. The minimum Gasteiger partial charge on any atom is -0.483 e. The van der Waals surface area contributed by atoms with Gasteiger partial charge in [-0.2, -0.15) is 0 Å². The molecule has 2 amide bonds. The monoisotopic (exact) mass is 369 g/mol. The molecule has 3 N–H and O–H groups in total. The molecule has 0 saturated heterocycles. The van der Waals surface area contributed by atoms with Crippen molar-refractivity contribution >= 4 is 17.5 Å². The van der Waals surface area contributed by atoms with E-state index in [4.69, 9.17) is 4.74 Å². The molecule has 0 radical (unpaired) electrons. The molecule has 0 bridgehead atoms. The average Bonchev–Trinajstić information content (AvgIpc) is 2.68. The fourth-order valence-corrected chi connectivity index (χ4v) is 2.50. The van der Waals surface area contributed by atoms with Crippen molar-refractivity contribution < 1.29 is 14.3 Å². The van der Waals surface area contributed by atoms with Gasteiger partial charge < -0.3 is 20.7 Å². The smallest absolute Gasteiger partial charge is 0.257 e. The standard InChI is InChI=1S/C21H27N3O3/c1-3-6-20(25)24-18-11-9-16(10-12-18)13-23-14-17-7-4-5-8-19(17)27-15-21(26)22-2/h4-5,7-12,23H,3,6,13-15H2,1-2H3,(H,22,26)(H,24,25). The van der Waals surface area contributed by atoms with E-state index < -0.39 is 0 Å². The summed E-state index contributed by atoms with van der Waals surface area (Å²) in [6.45, 7) is 3.29. The van der Waals surface area contributed by atoms with Gasteiger partial charge in [0.25, 0.3) is 5.91 Å². The molecule has 0 fully saturated rings. The summed E-state index contributed by atoms with van der Waals surface area (Å²) in [6.07, 6.45) is 1.37. The molecule has 0 aliphatic carbocycles. The number of benzene rings is 2. The van der Waals surface area contributed by atoms with Crippen LogP contribution in [0.25, 0.3) is 0 Å². The Labute approximate surface area is 160 Å². The summed E-state index contributed by atoms with van der Waals surface area (Å²) in [5, 5.41) is 8.79.